The van der Waals surface area contributed by atoms with Gasteiger partial charge in [-0.05, 0) is 19.1 Å². The molecule has 1 aliphatic heterocycles. The number of phenols is 1. The molecule has 0 spiro atoms. The molecule has 1 aliphatic rings. The maximum atomic E-state index is 11.3. The number of aromatic hydroxyl groups is 1. The Morgan fingerprint density at radius 1 is 1.43 bits per heavy atom. The van der Waals surface area contributed by atoms with Gasteiger partial charge in [-0.1, -0.05) is 0 Å². The van der Waals surface area contributed by atoms with E-state index in [-0.39, 0.29) is 17.7 Å². The summed E-state index contributed by atoms with van der Waals surface area (Å²) >= 11 is 0. The minimum Gasteiger partial charge on any atom is -0.508 e. The van der Waals surface area contributed by atoms with Crippen LogP contribution in [0, 0.1) is 0 Å². The lowest BCUT2D eigenvalue weighted by atomic mass is 10.2. The Balaban J connectivity index is 2.41. The summed E-state index contributed by atoms with van der Waals surface area (Å²) in [6.07, 6.45) is 0.440. The van der Waals surface area contributed by atoms with Gasteiger partial charge in [0, 0.05) is 18.5 Å². The summed E-state index contributed by atoms with van der Waals surface area (Å²) in [7, 11) is 0. The van der Waals surface area contributed by atoms with Crippen LogP contribution in [-0.2, 0) is 4.79 Å². The SMILES string of the molecule is CC1CC(=O)Nc2ccc(O)cc2N1. The Bertz CT molecular complexity index is 376. The number of hydrogen-bond donors (Lipinski definition) is 3. The number of carbonyl (C=O) groups is 1. The van der Waals surface area contributed by atoms with E-state index >= 15 is 0 Å². The van der Waals surface area contributed by atoms with Gasteiger partial charge in [0.2, 0.25) is 5.91 Å². The molecule has 4 nitrogen and oxygen atoms in total. The van der Waals surface area contributed by atoms with Crippen molar-refractivity contribution in [3.05, 3.63) is 18.2 Å². The number of fused-ring (bicyclic) bond motifs is 1. The van der Waals surface area contributed by atoms with E-state index in [1.54, 1.807) is 18.2 Å². The fourth-order valence-corrected chi connectivity index (χ4v) is 1.56. The summed E-state index contributed by atoms with van der Waals surface area (Å²) in [6, 6.07) is 4.93. The van der Waals surface area contributed by atoms with E-state index in [2.05, 4.69) is 10.6 Å². The van der Waals surface area contributed by atoms with Crippen molar-refractivity contribution >= 4 is 17.3 Å². The minimum atomic E-state index is -0.00515. The molecule has 1 atom stereocenters. The molecule has 1 amide bonds. The van der Waals surface area contributed by atoms with Crippen molar-refractivity contribution in [1.29, 1.82) is 0 Å². The van der Waals surface area contributed by atoms with Crippen molar-refractivity contribution in [3.8, 4) is 5.75 Å². The molecule has 0 aliphatic carbocycles. The average molecular weight is 192 g/mol. The zero-order valence-corrected chi connectivity index (χ0v) is 7.87. The lowest BCUT2D eigenvalue weighted by Crippen LogP contribution is -2.18. The first kappa shape index (κ1) is 8.87. The summed E-state index contributed by atoms with van der Waals surface area (Å²) in [4.78, 5) is 11.3. The Kier molecular flexibility index (Phi) is 2.04. The lowest BCUT2D eigenvalue weighted by Gasteiger charge is -2.11. The Labute approximate surface area is 81.9 Å². The van der Waals surface area contributed by atoms with Gasteiger partial charge in [0.1, 0.15) is 5.75 Å². The normalized spacial score (nSPS) is 20.4. The fraction of sp³-hybridized carbons (Fsp3) is 0.300. The molecule has 0 radical (unpaired) electrons. The van der Waals surface area contributed by atoms with Crippen LogP contribution in [0.1, 0.15) is 13.3 Å². The number of rotatable bonds is 0. The fourth-order valence-electron chi connectivity index (χ4n) is 1.56. The second-order valence-corrected chi connectivity index (χ2v) is 3.53. The molecule has 4 heteroatoms. The maximum absolute atomic E-state index is 11.3. The summed E-state index contributed by atoms with van der Waals surface area (Å²) in [5.41, 5.74) is 1.49. The van der Waals surface area contributed by atoms with Gasteiger partial charge in [0.05, 0.1) is 11.4 Å². The number of anilines is 2. The largest absolute Gasteiger partial charge is 0.508 e. The monoisotopic (exact) mass is 192 g/mol. The van der Waals surface area contributed by atoms with E-state index in [4.69, 9.17) is 0 Å². The van der Waals surface area contributed by atoms with Gasteiger partial charge in [-0.25, -0.2) is 0 Å². The third-order valence-corrected chi connectivity index (χ3v) is 2.17. The van der Waals surface area contributed by atoms with Crippen molar-refractivity contribution in [1.82, 2.24) is 0 Å². The number of benzene rings is 1. The maximum Gasteiger partial charge on any atom is 0.226 e. The number of carbonyl (C=O) groups excluding carboxylic acids is 1. The van der Waals surface area contributed by atoms with Crippen molar-refractivity contribution in [2.75, 3.05) is 10.6 Å². The van der Waals surface area contributed by atoms with Crippen molar-refractivity contribution in [2.45, 2.75) is 19.4 Å². The Hall–Kier alpha value is -1.71. The number of amides is 1. The molecule has 0 saturated carbocycles. The Morgan fingerprint density at radius 2 is 2.21 bits per heavy atom. The first-order valence-electron chi connectivity index (χ1n) is 4.54. The van der Waals surface area contributed by atoms with Gasteiger partial charge >= 0.3 is 0 Å². The zero-order chi connectivity index (χ0) is 10.1. The van der Waals surface area contributed by atoms with Gasteiger partial charge in [0.15, 0.2) is 0 Å². The van der Waals surface area contributed by atoms with Gasteiger partial charge in [-0.15, -0.1) is 0 Å². The molecule has 0 fully saturated rings. The van der Waals surface area contributed by atoms with Gasteiger partial charge in [-0.3, -0.25) is 4.79 Å². The van der Waals surface area contributed by atoms with Crippen molar-refractivity contribution < 1.29 is 9.90 Å². The first-order chi connectivity index (χ1) is 6.65. The van der Waals surface area contributed by atoms with E-state index in [0.717, 1.165) is 11.4 Å². The number of hydrogen-bond acceptors (Lipinski definition) is 3. The van der Waals surface area contributed by atoms with Gasteiger partial charge in [-0.2, -0.15) is 0 Å². The molecular formula is C10H12N2O2. The van der Waals surface area contributed by atoms with E-state index in [0.29, 0.717) is 6.42 Å². The van der Waals surface area contributed by atoms with Gasteiger partial charge < -0.3 is 15.7 Å². The third kappa shape index (κ3) is 1.64. The van der Waals surface area contributed by atoms with Crippen LogP contribution in [0.5, 0.6) is 5.75 Å². The predicted molar refractivity (Wildman–Crippen MR) is 54.4 cm³/mol. The molecule has 2 rings (SSSR count). The summed E-state index contributed by atoms with van der Waals surface area (Å²) in [5, 5.41) is 15.2. The summed E-state index contributed by atoms with van der Waals surface area (Å²) < 4.78 is 0. The van der Waals surface area contributed by atoms with Crippen LogP contribution in [-0.4, -0.2) is 17.1 Å². The highest BCUT2D eigenvalue weighted by molar-refractivity contribution is 5.96. The quantitative estimate of drug-likeness (QED) is 0.546. The van der Waals surface area contributed by atoms with Crippen LogP contribution in [0.2, 0.25) is 0 Å². The number of nitrogens with one attached hydrogen (secondary N) is 2. The molecule has 14 heavy (non-hydrogen) atoms. The molecule has 1 aromatic carbocycles. The topological polar surface area (TPSA) is 61.4 Å². The minimum absolute atomic E-state index is 0.00515. The number of phenolic OH excluding ortho intramolecular Hbond substituents is 1. The van der Waals surface area contributed by atoms with Crippen molar-refractivity contribution in [2.24, 2.45) is 0 Å². The molecule has 0 saturated heterocycles. The van der Waals surface area contributed by atoms with E-state index in [1.165, 1.54) is 0 Å². The van der Waals surface area contributed by atoms with Crippen LogP contribution >= 0.6 is 0 Å². The van der Waals surface area contributed by atoms with Crippen LogP contribution < -0.4 is 10.6 Å². The highest BCUT2D eigenvalue weighted by atomic mass is 16.3. The molecule has 1 heterocycles. The first-order valence-corrected chi connectivity index (χ1v) is 4.54. The molecule has 1 aromatic rings. The van der Waals surface area contributed by atoms with Crippen molar-refractivity contribution in [3.63, 3.8) is 0 Å². The Morgan fingerprint density at radius 3 is 3.00 bits per heavy atom. The molecule has 1 unspecified atom stereocenters. The third-order valence-electron chi connectivity index (χ3n) is 2.17. The van der Waals surface area contributed by atoms with Crippen LogP contribution in [0.4, 0.5) is 11.4 Å². The summed E-state index contributed by atoms with van der Waals surface area (Å²) in [6.45, 7) is 1.93. The molecule has 3 N–H and O–H groups in total. The zero-order valence-electron chi connectivity index (χ0n) is 7.87. The highest BCUT2D eigenvalue weighted by Gasteiger charge is 2.17. The predicted octanol–water partition coefficient (Wildman–Crippen LogP) is 1.53. The van der Waals surface area contributed by atoms with E-state index in [1.807, 2.05) is 6.92 Å². The van der Waals surface area contributed by atoms with Crippen LogP contribution in [0.15, 0.2) is 18.2 Å². The molecule has 0 bridgehead atoms. The standard InChI is InChI=1S/C10H12N2O2/c1-6-4-10(14)12-8-3-2-7(13)5-9(8)11-6/h2-3,5-6,11,13H,4H2,1H3,(H,12,14). The van der Waals surface area contributed by atoms with E-state index in [9.17, 15) is 9.90 Å². The second kappa shape index (κ2) is 3.21. The average Bonchev–Trinajstić information content (AvgIpc) is 2.21. The lowest BCUT2D eigenvalue weighted by molar-refractivity contribution is -0.116. The molecule has 0 aromatic heterocycles. The van der Waals surface area contributed by atoms with Gasteiger partial charge in [0.25, 0.3) is 0 Å². The smallest absolute Gasteiger partial charge is 0.226 e. The summed E-state index contributed by atoms with van der Waals surface area (Å²) in [5.74, 6) is 0.189. The molecular weight excluding hydrogens is 180 g/mol. The van der Waals surface area contributed by atoms with Crippen LogP contribution in [0.3, 0.4) is 0 Å². The second-order valence-electron chi connectivity index (χ2n) is 3.53. The van der Waals surface area contributed by atoms with E-state index < -0.39 is 0 Å². The molecule has 74 valence electrons. The van der Waals surface area contributed by atoms with Crippen LogP contribution in [0.25, 0.3) is 0 Å². The highest BCUT2D eigenvalue weighted by Crippen LogP contribution is 2.29.